The molecular weight excluding hydrogens is 196 g/mol. The molecule has 0 spiro atoms. The number of nitrogens with one attached hydrogen (secondary N) is 2. The zero-order chi connectivity index (χ0) is 10.9. The number of aliphatic hydroxyl groups is 1. The van der Waals surface area contributed by atoms with Crippen LogP contribution in [0.15, 0.2) is 12.3 Å². The Kier molecular flexibility index (Phi) is 5.42. The highest BCUT2D eigenvalue weighted by molar-refractivity contribution is 5.38. The quantitative estimate of drug-likeness (QED) is 0.549. The molecule has 0 fully saturated rings. The summed E-state index contributed by atoms with van der Waals surface area (Å²) in [6.45, 7) is 1.62. The largest absolute Gasteiger partial charge is 0.394 e. The number of hydrogen-bond acceptors (Lipinski definition) is 6. The van der Waals surface area contributed by atoms with Crippen LogP contribution in [0.5, 0.6) is 0 Å². The minimum Gasteiger partial charge on any atom is -0.394 e. The van der Waals surface area contributed by atoms with Crippen molar-refractivity contribution in [1.29, 1.82) is 0 Å². The average molecular weight is 212 g/mol. The average Bonchev–Trinajstić information content (AvgIpc) is 2.29. The second-order valence-electron chi connectivity index (χ2n) is 2.78. The highest BCUT2D eigenvalue weighted by Gasteiger charge is 1.95. The molecule has 1 aromatic heterocycles. The molecule has 0 bridgehead atoms. The molecule has 0 radical (unpaired) electrons. The van der Waals surface area contributed by atoms with Crippen molar-refractivity contribution < 1.29 is 9.84 Å². The summed E-state index contributed by atoms with van der Waals surface area (Å²) in [5.74, 6) is 1.33. The van der Waals surface area contributed by atoms with Crippen LogP contribution in [-0.4, -0.2) is 48.5 Å². The van der Waals surface area contributed by atoms with Crippen molar-refractivity contribution in [3.63, 3.8) is 0 Å². The Balaban J connectivity index is 2.24. The lowest BCUT2D eigenvalue weighted by molar-refractivity contribution is 0.0992. The molecule has 0 unspecified atom stereocenters. The second-order valence-corrected chi connectivity index (χ2v) is 2.78. The lowest BCUT2D eigenvalue weighted by Crippen LogP contribution is -2.12. The predicted molar refractivity (Wildman–Crippen MR) is 58.0 cm³/mol. The number of aromatic nitrogens is 2. The highest BCUT2D eigenvalue weighted by atomic mass is 16.5. The zero-order valence-corrected chi connectivity index (χ0v) is 8.73. The van der Waals surface area contributed by atoms with Crippen LogP contribution in [0.3, 0.4) is 0 Å². The molecule has 1 rings (SSSR count). The van der Waals surface area contributed by atoms with E-state index >= 15 is 0 Å². The first-order valence-electron chi connectivity index (χ1n) is 4.80. The van der Waals surface area contributed by atoms with E-state index in [1.165, 1.54) is 0 Å². The van der Waals surface area contributed by atoms with Gasteiger partial charge in [0.2, 0.25) is 5.95 Å². The topological polar surface area (TPSA) is 79.3 Å². The van der Waals surface area contributed by atoms with Gasteiger partial charge < -0.3 is 20.5 Å². The normalized spacial score (nSPS) is 10.0. The Morgan fingerprint density at radius 3 is 3.07 bits per heavy atom. The third kappa shape index (κ3) is 4.57. The molecule has 0 atom stereocenters. The maximum absolute atomic E-state index is 8.48. The smallest absolute Gasteiger partial charge is 0.224 e. The van der Waals surface area contributed by atoms with Crippen molar-refractivity contribution >= 4 is 11.8 Å². The number of aliphatic hydroxyl groups excluding tert-OH is 1. The van der Waals surface area contributed by atoms with Gasteiger partial charge in [0.1, 0.15) is 5.82 Å². The van der Waals surface area contributed by atoms with Gasteiger partial charge >= 0.3 is 0 Å². The number of hydrogen-bond donors (Lipinski definition) is 3. The van der Waals surface area contributed by atoms with Gasteiger partial charge in [-0.05, 0) is 6.07 Å². The Morgan fingerprint density at radius 2 is 2.33 bits per heavy atom. The fraction of sp³-hybridized carbons (Fsp3) is 0.556. The van der Waals surface area contributed by atoms with Gasteiger partial charge in [0.25, 0.3) is 0 Å². The van der Waals surface area contributed by atoms with E-state index in [0.717, 1.165) is 5.82 Å². The molecule has 1 heterocycles. The summed E-state index contributed by atoms with van der Waals surface area (Å²) in [4.78, 5) is 8.16. The predicted octanol–water partition coefficient (Wildman–Crippen LogP) is -0.0609. The van der Waals surface area contributed by atoms with Crippen LogP contribution in [0.4, 0.5) is 11.8 Å². The number of rotatable bonds is 7. The van der Waals surface area contributed by atoms with Gasteiger partial charge in [-0.3, -0.25) is 0 Å². The standard InChI is InChI=1S/C9H16N4O2/c1-10-9-12-3-2-8(13-9)11-4-6-15-7-5-14/h2-3,14H,4-7H2,1H3,(H2,10,11,12,13). The van der Waals surface area contributed by atoms with E-state index in [0.29, 0.717) is 25.7 Å². The monoisotopic (exact) mass is 212 g/mol. The zero-order valence-electron chi connectivity index (χ0n) is 8.73. The van der Waals surface area contributed by atoms with Crippen molar-refractivity contribution in [2.24, 2.45) is 0 Å². The van der Waals surface area contributed by atoms with Crippen molar-refractivity contribution in [2.45, 2.75) is 0 Å². The molecule has 0 aromatic carbocycles. The number of ether oxygens (including phenoxy) is 1. The summed E-state index contributed by atoms with van der Waals surface area (Å²) in [5.41, 5.74) is 0. The van der Waals surface area contributed by atoms with E-state index in [4.69, 9.17) is 9.84 Å². The molecule has 3 N–H and O–H groups in total. The summed E-state index contributed by atoms with van der Waals surface area (Å²) in [6, 6.07) is 1.78. The lowest BCUT2D eigenvalue weighted by Gasteiger charge is -2.06. The minimum absolute atomic E-state index is 0.0530. The number of anilines is 2. The SMILES string of the molecule is CNc1nccc(NCCOCCO)n1. The third-order valence-corrected chi connectivity index (χ3v) is 1.67. The maximum Gasteiger partial charge on any atom is 0.224 e. The summed E-state index contributed by atoms with van der Waals surface area (Å²) in [6.07, 6.45) is 1.68. The van der Waals surface area contributed by atoms with E-state index in [-0.39, 0.29) is 6.61 Å². The molecule has 6 nitrogen and oxygen atoms in total. The third-order valence-electron chi connectivity index (χ3n) is 1.67. The fourth-order valence-corrected chi connectivity index (χ4v) is 0.995. The van der Waals surface area contributed by atoms with Gasteiger partial charge in [-0.2, -0.15) is 4.98 Å². The molecule has 0 aliphatic rings. The Hall–Kier alpha value is -1.40. The van der Waals surface area contributed by atoms with Gasteiger partial charge in [-0.15, -0.1) is 0 Å². The molecular formula is C9H16N4O2. The van der Waals surface area contributed by atoms with Crippen LogP contribution in [0, 0.1) is 0 Å². The molecule has 0 aliphatic carbocycles. The van der Waals surface area contributed by atoms with Crippen molar-refractivity contribution in [1.82, 2.24) is 9.97 Å². The van der Waals surface area contributed by atoms with Crippen LogP contribution >= 0.6 is 0 Å². The van der Waals surface area contributed by atoms with Crippen LogP contribution < -0.4 is 10.6 Å². The first kappa shape index (κ1) is 11.7. The van der Waals surface area contributed by atoms with Crippen LogP contribution in [0.1, 0.15) is 0 Å². The first-order chi connectivity index (χ1) is 7.36. The summed E-state index contributed by atoms with van der Waals surface area (Å²) < 4.78 is 5.09. The first-order valence-corrected chi connectivity index (χ1v) is 4.80. The van der Waals surface area contributed by atoms with Crippen molar-refractivity contribution in [3.05, 3.63) is 12.3 Å². The summed E-state index contributed by atoms with van der Waals surface area (Å²) in [5, 5.41) is 14.4. The van der Waals surface area contributed by atoms with Gasteiger partial charge in [0, 0.05) is 19.8 Å². The van der Waals surface area contributed by atoms with E-state index in [2.05, 4.69) is 20.6 Å². The Morgan fingerprint density at radius 1 is 1.47 bits per heavy atom. The van der Waals surface area contributed by atoms with Crippen molar-refractivity contribution in [3.8, 4) is 0 Å². The molecule has 0 amide bonds. The van der Waals surface area contributed by atoms with Crippen LogP contribution in [0.2, 0.25) is 0 Å². The van der Waals surface area contributed by atoms with E-state index < -0.39 is 0 Å². The highest BCUT2D eigenvalue weighted by Crippen LogP contribution is 2.03. The van der Waals surface area contributed by atoms with Crippen LogP contribution in [-0.2, 0) is 4.74 Å². The van der Waals surface area contributed by atoms with Gasteiger partial charge in [0.05, 0.1) is 19.8 Å². The molecule has 0 saturated carbocycles. The van der Waals surface area contributed by atoms with Crippen LogP contribution in [0.25, 0.3) is 0 Å². The molecule has 84 valence electrons. The van der Waals surface area contributed by atoms with Gasteiger partial charge in [0.15, 0.2) is 0 Å². The maximum atomic E-state index is 8.48. The van der Waals surface area contributed by atoms with Gasteiger partial charge in [-0.25, -0.2) is 4.98 Å². The summed E-state index contributed by atoms with van der Waals surface area (Å²) >= 11 is 0. The van der Waals surface area contributed by atoms with Crippen molar-refractivity contribution in [2.75, 3.05) is 44.0 Å². The van der Waals surface area contributed by atoms with E-state index in [9.17, 15) is 0 Å². The molecule has 0 saturated heterocycles. The lowest BCUT2D eigenvalue weighted by atomic mass is 10.5. The number of nitrogens with zero attached hydrogens (tertiary/aromatic N) is 2. The van der Waals surface area contributed by atoms with Gasteiger partial charge in [-0.1, -0.05) is 0 Å². The molecule has 1 aromatic rings. The Labute approximate surface area is 88.7 Å². The van der Waals surface area contributed by atoms with E-state index in [1.54, 1.807) is 19.3 Å². The molecule has 15 heavy (non-hydrogen) atoms. The molecule has 0 aliphatic heterocycles. The Bertz CT molecular complexity index is 283. The van der Waals surface area contributed by atoms with E-state index in [1.807, 2.05) is 0 Å². The fourth-order valence-electron chi connectivity index (χ4n) is 0.995. The molecule has 6 heteroatoms. The minimum atomic E-state index is 0.0530. The second kappa shape index (κ2) is 6.97. The summed E-state index contributed by atoms with van der Waals surface area (Å²) in [7, 11) is 1.77.